The van der Waals surface area contributed by atoms with Gasteiger partial charge in [0.2, 0.25) is 5.13 Å². The van der Waals surface area contributed by atoms with Crippen molar-refractivity contribution < 1.29 is 13.2 Å². The Morgan fingerprint density at radius 1 is 1.41 bits per heavy atom. The Balaban J connectivity index is 2.19. The molecule has 0 aliphatic carbocycles. The Morgan fingerprint density at radius 3 is 2.53 bits per heavy atom. The number of carbonyl (C=O) groups is 1. The number of anilines is 1. The molecule has 1 aromatic rings. The van der Waals surface area contributed by atoms with Gasteiger partial charge in [-0.15, -0.1) is 10.2 Å². The Labute approximate surface area is 103 Å². The summed E-state index contributed by atoms with van der Waals surface area (Å²) >= 11 is 1.22. The van der Waals surface area contributed by atoms with E-state index in [1.807, 2.05) is 0 Å². The first-order valence-corrected chi connectivity index (χ1v) is 7.13. The lowest BCUT2D eigenvalue weighted by Gasteiger charge is -2.42. The molecule has 17 heavy (non-hydrogen) atoms. The number of nitrogens with zero attached hydrogens (tertiary/aromatic N) is 3. The largest absolute Gasteiger partial charge is 0.363 e. The zero-order valence-electron chi connectivity index (χ0n) is 9.59. The molecule has 1 fully saturated rings. The van der Waals surface area contributed by atoms with Crippen molar-refractivity contribution >= 4 is 32.4 Å². The van der Waals surface area contributed by atoms with Crippen molar-refractivity contribution in [2.75, 3.05) is 12.4 Å². The van der Waals surface area contributed by atoms with Crippen molar-refractivity contribution in [1.82, 2.24) is 14.5 Å². The predicted molar refractivity (Wildman–Crippen MR) is 63.0 cm³/mol. The fourth-order valence-corrected chi connectivity index (χ4v) is 3.71. The molecule has 7 nitrogen and oxygen atoms in total. The van der Waals surface area contributed by atoms with Crippen molar-refractivity contribution in [3.05, 3.63) is 5.01 Å². The fourth-order valence-electron chi connectivity index (χ4n) is 1.45. The van der Waals surface area contributed by atoms with Gasteiger partial charge in [-0.3, -0.25) is 4.79 Å². The van der Waals surface area contributed by atoms with E-state index < -0.39 is 20.7 Å². The van der Waals surface area contributed by atoms with Crippen LogP contribution in [0.1, 0.15) is 18.9 Å². The van der Waals surface area contributed by atoms with Crippen LogP contribution in [0, 0.1) is 0 Å². The van der Waals surface area contributed by atoms with Crippen LogP contribution >= 0.6 is 11.3 Å². The number of amides is 1. The van der Waals surface area contributed by atoms with Gasteiger partial charge in [0, 0.05) is 7.05 Å². The summed E-state index contributed by atoms with van der Waals surface area (Å²) in [6, 6.07) is 0. The number of carbonyl (C=O) groups excluding carboxylic acids is 1. The minimum Gasteiger partial charge on any atom is -0.363 e. The van der Waals surface area contributed by atoms with Gasteiger partial charge in [0.1, 0.15) is 5.01 Å². The summed E-state index contributed by atoms with van der Waals surface area (Å²) in [4.78, 5) is 11.7. The molecule has 1 aliphatic heterocycles. The third-order valence-corrected chi connectivity index (χ3v) is 5.90. The average Bonchev–Trinajstić information content (AvgIpc) is 2.72. The zero-order valence-corrected chi connectivity index (χ0v) is 11.2. The third kappa shape index (κ3) is 1.61. The van der Waals surface area contributed by atoms with E-state index in [2.05, 4.69) is 15.5 Å². The molecule has 1 saturated heterocycles. The third-order valence-electron chi connectivity index (χ3n) is 2.64. The summed E-state index contributed by atoms with van der Waals surface area (Å²) in [7, 11) is -1.85. The summed E-state index contributed by atoms with van der Waals surface area (Å²) in [5.41, 5.74) is 0. The maximum Gasteiger partial charge on any atom is 0.259 e. The van der Waals surface area contributed by atoms with Gasteiger partial charge in [-0.1, -0.05) is 11.3 Å². The van der Waals surface area contributed by atoms with Gasteiger partial charge in [-0.25, -0.2) is 12.7 Å². The molecule has 1 aromatic heterocycles. The molecule has 2 rings (SSSR count). The van der Waals surface area contributed by atoms with Gasteiger partial charge < -0.3 is 5.32 Å². The lowest BCUT2D eigenvalue weighted by atomic mass is 10.2. The maximum absolute atomic E-state index is 11.8. The van der Waals surface area contributed by atoms with Crippen LogP contribution in [0.25, 0.3) is 0 Å². The molecule has 0 unspecified atom stereocenters. The van der Waals surface area contributed by atoms with E-state index in [0.717, 1.165) is 4.31 Å². The molecule has 0 aromatic carbocycles. The quantitative estimate of drug-likeness (QED) is 0.837. The van der Waals surface area contributed by atoms with Gasteiger partial charge in [0.15, 0.2) is 4.75 Å². The Hall–Kier alpha value is -1.22. The topological polar surface area (TPSA) is 92.3 Å². The molecule has 2 heterocycles. The first kappa shape index (κ1) is 12.2. The van der Waals surface area contributed by atoms with E-state index in [0.29, 0.717) is 10.1 Å². The maximum atomic E-state index is 11.8. The molecular weight excluding hydrogens is 264 g/mol. The minimum absolute atomic E-state index is 0.0378. The molecule has 0 atom stereocenters. The van der Waals surface area contributed by atoms with Crippen LogP contribution in [-0.4, -0.2) is 40.6 Å². The van der Waals surface area contributed by atoms with Crippen LogP contribution in [0.2, 0.25) is 0 Å². The van der Waals surface area contributed by atoms with E-state index in [1.165, 1.54) is 25.2 Å². The van der Waals surface area contributed by atoms with Crippen molar-refractivity contribution in [2.45, 2.75) is 25.1 Å². The van der Waals surface area contributed by atoms with Gasteiger partial charge in [0.25, 0.3) is 15.9 Å². The van der Waals surface area contributed by atoms with Crippen molar-refractivity contribution in [2.24, 2.45) is 0 Å². The van der Waals surface area contributed by atoms with E-state index in [-0.39, 0.29) is 6.54 Å². The fraction of sp³-hybridized carbons (Fsp3) is 0.625. The molecule has 0 bridgehead atoms. The molecular formula is C8H12N4O3S2. The normalized spacial score (nSPS) is 21.1. The highest BCUT2D eigenvalue weighted by Crippen LogP contribution is 2.36. The van der Waals surface area contributed by atoms with Crippen LogP contribution in [0.15, 0.2) is 0 Å². The van der Waals surface area contributed by atoms with Gasteiger partial charge >= 0.3 is 0 Å². The summed E-state index contributed by atoms with van der Waals surface area (Å²) < 4.78 is 23.1. The van der Waals surface area contributed by atoms with Gasteiger partial charge in [-0.2, -0.15) is 0 Å². The lowest BCUT2D eigenvalue weighted by molar-refractivity contribution is -0.132. The van der Waals surface area contributed by atoms with Crippen LogP contribution in [0.5, 0.6) is 0 Å². The number of nitrogens with one attached hydrogen (secondary N) is 1. The zero-order chi connectivity index (χ0) is 12.8. The summed E-state index contributed by atoms with van der Waals surface area (Å²) in [5, 5.41) is 11.5. The number of rotatable bonds is 3. The Kier molecular flexibility index (Phi) is 2.62. The van der Waals surface area contributed by atoms with E-state index in [4.69, 9.17) is 0 Å². The number of sulfonamides is 1. The first-order valence-electron chi connectivity index (χ1n) is 4.87. The standard InChI is InChI=1S/C8H12N4O3S2/c1-8(2)6(13)12(17(8,14)15)4-5-10-11-7(9-3)16-5/h4H2,1-3H3,(H,9,11). The van der Waals surface area contributed by atoms with E-state index in [9.17, 15) is 13.2 Å². The highest BCUT2D eigenvalue weighted by molar-refractivity contribution is 7.94. The van der Waals surface area contributed by atoms with E-state index in [1.54, 1.807) is 7.05 Å². The number of aromatic nitrogens is 2. The number of hydrogen-bond acceptors (Lipinski definition) is 7. The Bertz CT molecular complexity index is 563. The second-order valence-electron chi connectivity index (χ2n) is 4.08. The first-order chi connectivity index (χ1) is 7.80. The smallest absolute Gasteiger partial charge is 0.259 e. The lowest BCUT2D eigenvalue weighted by Crippen LogP contribution is -2.66. The number of hydrogen-bond donors (Lipinski definition) is 1. The highest BCUT2D eigenvalue weighted by atomic mass is 32.2. The van der Waals surface area contributed by atoms with Crippen LogP contribution in [0.3, 0.4) is 0 Å². The molecule has 1 N–H and O–H groups in total. The van der Waals surface area contributed by atoms with Gasteiger partial charge in [-0.05, 0) is 13.8 Å². The van der Waals surface area contributed by atoms with E-state index >= 15 is 0 Å². The molecule has 0 spiro atoms. The van der Waals surface area contributed by atoms with Crippen molar-refractivity contribution in [3.8, 4) is 0 Å². The minimum atomic E-state index is -3.54. The average molecular weight is 276 g/mol. The molecule has 0 saturated carbocycles. The SMILES string of the molecule is CNc1nnc(CN2C(=O)C(C)(C)S2(=O)=O)s1. The second kappa shape index (κ2) is 3.64. The molecule has 94 valence electrons. The van der Waals surface area contributed by atoms with Gasteiger partial charge in [0.05, 0.1) is 6.54 Å². The van der Waals surface area contributed by atoms with Crippen molar-refractivity contribution in [1.29, 1.82) is 0 Å². The highest BCUT2D eigenvalue weighted by Gasteiger charge is 2.60. The van der Waals surface area contributed by atoms with Crippen LogP contribution in [-0.2, 0) is 21.4 Å². The van der Waals surface area contributed by atoms with Crippen LogP contribution in [0.4, 0.5) is 5.13 Å². The van der Waals surface area contributed by atoms with Crippen molar-refractivity contribution in [3.63, 3.8) is 0 Å². The molecule has 1 amide bonds. The summed E-state index contributed by atoms with van der Waals surface area (Å²) in [5.74, 6) is -0.404. The Morgan fingerprint density at radius 2 is 2.06 bits per heavy atom. The summed E-state index contributed by atoms with van der Waals surface area (Å²) in [6.45, 7) is 2.77. The monoisotopic (exact) mass is 276 g/mol. The second-order valence-corrected chi connectivity index (χ2v) is 7.55. The molecule has 9 heteroatoms. The summed E-state index contributed by atoms with van der Waals surface area (Å²) in [6.07, 6.45) is 0. The molecule has 0 radical (unpaired) electrons. The van der Waals surface area contributed by atoms with Crippen LogP contribution < -0.4 is 5.32 Å². The predicted octanol–water partition coefficient (Wildman–Crippen LogP) is 0.0304. The molecule has 1 aliphatic rings.